The normalized spacial score (nSPS) is 10.9. The molecule has 0 saturated carbocycles. The lowest BCUT2D eigenvalue weighted by Crippen LogP contribution is -1.95. The Morgan fingerprint density at radius 3 is 2.72 bits per heavy atom. The number of aliphatic hydroxyl groups is 1. The number of rotatable bonds is 4. The second-order valence-electron chi connectivity index (χ2n) is 4.38. The maximum absolute atomic E-state index is 9.32. The number of methoxy groups -OCH3 is 1. The zero-order valence-corrected chi connectivity index (χ0v) is 11.6. The first kappa shape index (κ1) is 13.1. The fourth-order valence-electron chi connectivity index (χ4n) is 1.83. The Labute approximate surface area is 111 Å². The topological polar surface area (TPSA) is 42.4 Å². The van der Waals surface area contributed by atoms with Gasteiger partial charge in [-0.15, -0.1) is 11.3 Å². The number of nitrogens with zero attached hydrogens (tertiary/aromatic N) is 1. The smallest absolute Gasteiger partial charge is 0.133 e. The third kappa shape index (κ3) is 2.40. The minimum Gasteiger partial charge on any atom is -0.496 e. The van der Waals surface area contributed by atoms with Gasteiger partial charge in [-0.25, -0.2) is 4.98 Å². The average Bonchev–Trinajstić information content (AvgIpc) is 2.87. The van der Waals surface area contributed by atoms with Crippen molar-refractivity contribution in [3.63, 3.8) is 0 Å². The molecular weight excluding hydrogens is 246 g/mol. The molecule has 0 spiro atoms. The Morgan fingerprint density at radius 1 is 1.39 bits per heavy atom. The quantitative estimate of drug-likeness (QED) is 0.919. The van der Waals surface area contributed by atoms with E-state index in [1.165, 1.54) is 0 Å². The molecule has 0 aliphatic heterocycles. The van der Waals surface area contributed by atoms with Crippen LogP contribution in [0.3, 0.4) is 0 Å². The van der Waals surface area contributed by atoms with Crippen LogP contribution >= 0.6 is 11.3 Å². The summed E-state index contributed by atoms with van der Waals surface area (Å²) in [6.45, 7) is 4.23. The van der Waals surface area contributed by atoms with Crippen LogP contribution in [0.1, 0.15) is 30.3 Å². The van der Waals surface area contributed by atoms with Crippen molar-refractivity contribution >= 4 is 11.3 Å². The van der Waals surface area contributed by atoms with Crippen LogP contribution in [0.4, 0.5) is 0 Å². The molecule has 0 radical (unpaired) electrons. The number of aromatic nitrogens is 1. The highest BCUT2D eigenvalue weighted by Gasteiger charge is 2.14. The summed E-state index contributed by atoms with van der Waals surface area (Å²) in [7, 11) is 1.62. The number of hydrogen-bond donors (Lipinski definition) is 1. The lowest BCUT2D eigenvalue weighted by Gasteiger charge is -2.10. The third-order valence-electron chi connectivity index (χ3n) is 2.76. The Bertz CT molecular complexity index is 534. The van der Waals surface area contributed by atoms with Gasteiger partial charge in [-0.05, 0) is 6.07 Å². The standard InChI is InChI=1S/C14H17NO2S/c1-9(2)14-15-12(8-18-14)11-6-4-5-10(7-16)13(11)17-3/h4-6,8-9,16H,7H2,1-3H3. The zero-order valence-electron chi connectivity index (χ0n) is 10.8. The molecule has 0 amide bonds. The molecule has 18 heavy (non-hydrogen) atoms. The van der Waals surface area contributed by atoms with Crippen LogP contribution in [0.15, 0.2) is 23.6 Å². The van der Waals surface area contributed by atoms with E-state index in [9.17, 15) is 5.11 Å². The van der Waals surface area contributed by atoms with Gasteiger partial charge < -0.3 is 9.84 Å². The van der Waals surface area contributed by atoms with Gasteiger partial charge in [-0.2, -0.15) is 0 Å². The molecule has 3 nitrogen and oxygen atoms in total. The first-order valence-corrected chi connectivity index (χ1v) is 6.77. The van der Waals surface area contributed by atoms with Crippen LogP contribution in [0.25, 0.3) is 11.3 Å². The van der Waals surface area contributed by atoms with Crippen molar-refractivity contribution in [2.75, 3.05) is 7.11 Å². The number of aliphatic hydroxyl groups excluding tert-OH is 1. The van der Waals surface area contributed by atoms with E-state index in [0.29, 0.717) is 11.7 Å². The van der Waals surface area contributed by atoms with Crippen LogP contribution in [0, 0.1) is 0 Å². The number of ether oxygens (including phenoxy) is 1. The van der Waals surface area contributed by atoms with Crippen LogP contribution in [0.5, 0.6) is 5.75 Å². The molecule has 0 aliphatic carbocycles. The molecular formula is C14H17NO2S. The highest BCUT2D eigenvalue weighted by molar-refractivity contribution is 7.10. The predicted molar refractivity (Wildman–Crippen MR) is 74.1 cm³/mol. The summed E-state index contributed by atoms with van der Waals surface area (Å²) in [5.41, 5.74) is 2.64. The first-order valence-electron chi connectivity index (χ1n) is 5.90. The lowest BCUT2D eigenvalue weighted by atomic mass is 10.1. The predicted octanol–water partition coefficient (Wildman–Crippen LogP) is 3.43. The van der Waals surface area contributed by atoms with E-state index in [1.54, 1.807) is 18.4 Å². The summed E-state index contributed by atoms with van der Waals surface area (Å²) in [5, 5.41) is 12.5. The molecule has 0 bridgehead atoms. The van der Waals surface area contributed by atoms with Crippen LogP contribution in [-0.4, -0.2) is 17.2 Å². The van der Waals surface area contributed by atoms with Gasteiger partial charge in [0, 0.05) is 22.4 Å². The van der Waals surface area contributed by atoms with Crippen LogP contribution < -0.4 is 4.74 Å². The van der Waals surface area contributed by atoms with E-state index in [4.69, 9.17) is 4.74 Å². The number of thiazole rings is 1. The van der Waals surface area contributed by atoms with Crippen molar-refractivity contribution in [2.24, 2.45) is 0 Å². The van der Waals surface area contributed by atoms with Gasteiger partial charge in [0.05, 0.1) is 24.4 Å². The minimum atomic E-state index is -0.0296. The van der Waals surface area contributed by atoms with E-state index >= 15 is 0 Å². The Kier molecular flexibility index (Phi) is 3.99. The van der Waals surface area contributed by atoms with E-state index < -0.39 is 0 Å². The molecule has 1 heterocycles. The number of benzene rings is 1. The number of para-hydroxylation sites is 1. The fraction of sp³-hybridized carbons (Fsp3) is 0.357. The summed E-state index contributed by atoms with van der Waals surface area (Å²) in [5.74, 6) is 1.14. The monoisotopic (exact) mass is 263 g/mol. The average molecular weight is 263 g/mol. The van der Waals surface area contributed by atoms with Crippen molar-refractivity contribution in [3.05, 3.63) is 34.2 Å². The molecule has 0 saturated heterocycles. The molecule has 1 aromatic heterocycles. The van der Waals surface area contributed by atoms with Gasteiger partial charge in [0.25, 0.3) is 0 Å². The van der Waals surface area contributed by atoms with Gasteiger partial charge in [0.2, 0.25) is 0 Å². The first-order chi connectivity index (χ1) is 8.67. The van der Waals surface area contributed by atoms with Gasteiger partial charge in [0.15, 0.2) is 0 Å². The van der Waals surface area contributed by atoms with Gasteiger partial charge in [-0.3, -0.25) is 0 Å². The lowest BCUT2D eigenvalue weighted by molar-refractivity contribution is 0.274. The van der Waals surface area contributed by atoms with Gasteiger partial charge in [0.1, 0.15) is 5.75 Å². The van der Waals surface area contributed by atoms with E-state index in [1.807, 2.05) is 23.6 Å². The second-order valence-corrected chi connectivity index (χ2v) is 5.27. The molecule has 1 N–H and O–H groups in total. The number of hydrogen-bond acceptors (Lipinski definition) is 4. The highest BCUT2D eigenvalue weighted by atomic mass is 32.1. The molecule has 0 atom stereocenters. The molecule has 0 fully saturated rings. The molecule has 1 aromatic carbocycles. The van der Waals surface area contributed by atoms with E-state index in [-0.39, 0.29) is 6.61 Å². The maximum Gasteiger partial charge on any atom is 0.133 e. The summed E-state index contributed by atoms with van der Waals surface area (Å²) in [4.78, 5) is 4.62. The van der Waals surface area contributed by atoms with Crippen molar-refractivity contribution in [1.82, 2.24) is 4.98 Å². The molecule has 2 aromatic rings. The second kappa shape index (κ2) is 5.50. The van der Waals surface area contributed by atoms with Gasteiger partial charge in [-0.1, -0.05) is 26.0 Å². The molecule has 0 aliphatic rings. The Morgan fingerprint density at radius 2 is 2.17 bits per heavy atom. The SMILES string of the molecule is COc1c(CO)cccc1-c1csc(C(C)C)n1. The Balaban J connectivity index is 2.49. The molecule has 4 heteroatoms. The van der Waals surface area contributed by atoms with Crippen molar-refractivity contribution in [3.8, 4) is 17.0 Å². The molecule has 96 valence electrons. The van der Waals surface area contributed by atoms with Crippen molar-refractivity contribution in [1.29, 1.82) is 0 Å². The highest BCUT2D eigenvalue weighted by Crippen LogP contribution is 2.34. The third-order valence-corrected chi connectivity index (χ3v) is 3.91. The molecule has 0 unspecified atom stereocenters. The summed E-state index contributed by atoms with van der Waals surface area (Å²) < 4.78 is 5.40. The van der Waals surface area contributed by atoms with Crippen molar-refractivity contribution in [2.45, 2.75) is 26.4 Å². The largest absolute Gasteiger partial charge is 0.496 e. The Hall–Kier alpha value is -1.39. The summed E-state index contributed by atoms with van der Waals surface area (Å²) in [6, 6.07) is 5.74. The van der Waals surface area contributed by atoms with Crippen molar-refractivity contribution < 1.29 is 9.84 Å². The summed E-state index contributed by atoms with van der Waals surface area (Å²) in [6.07, 6.45) is 0. The molecule has 2 rings (SSSR count). The maximum atomic E-state index is 9.32. The summed E-state index contributed by atoms with van der Waals surface area (Å²) >= 11 is 1.66. The van der Waals surface area contributed by atoms with E-state index in [2.05, 4.69) is 18.8 Å². The van der Waals surface area contributed by atoms with Gasteiger partial charge >= 0.3 is 0 Å². The zero-order chi connectivity index (χ0) is 13.1. The minimum absolute atomic E-state index is 0.0296. The van der Waals surface area contributed by atoms with Crippen LogP contribution in [-0.2, 0) is 6.61 Å². The van der Waals surface area contributed by atoms with Crippen LogP contribution in [0.2, 0.25) is 0 Å². The van der Waals surface area contributed by atoms with E-state index in [0.717, 1.165) is 21.8 Å². The fourth-order valence-corrected chi connectivity index (χ4v) is 2.66.